The van der Waals surface area contributed by atoms with Gasteiger partial charge in [0.05, 0.1) is 5.69 Å². The summed E-state index contributed by atoms with van der Waals surface area (Å²) in [6.07, 6.45) is 0.961. The fraction of sp³-hybridized carbons (Fsp3) is 0.286. The summed E-state index contributed by atoms with van der Waals surface area (Å²) >= 11 is 1.16. The molecule has 0 unspecified atom stereocenters. The number of benzene rings is 1. The molecule has 2 N–H and O–H groups in total. The molecule has 4 nitrogen and oxygen atoms in total. The van der Waals surface area contributed by atoms with Crippen molar-refractivity contribution in [1.82, 2.24) is 10.3 Å². The molecule has 2 aromatic rings. The fourth-order valence-corrected chi connectivity index (χ4v) is 2.47. The second-order valence-electron chi connectivity index (χ2n) is 4.30. The molecule has 0 spiro atoms. The van der Waals surface area contributed by atoms with Crippen molar-refractivity contribution in [2.45, 2.75) is 19.9 Å². The molecule has 1 aromatic heterocycles. The van der Waals surface area contributed by atoms with Gasteiger partial charge in [0.15, 0.2) is 0 Å². The van der Waals surface area contributed by atoms with Gasteiger partial charge in [0, 0.05) is 11.9 Å². The molecule has 19 heavy (non-hydrogen) atoms. The van der Waals surface area contributed by atoms with Crippen molar-refractivity contribution < 1.29 is 9.90 Å². The molecule has 0 atom stereocenters. The van der Waals surface area contributed by atoms with Crippen molar-refractivity contribution in [2.75, 3.05) is 6.54 Å². The lowest BCUT2D eigenvalue weighted by Gasteiger charge is -2.06. The Balaban J connectivity index is 1.77. The van der Waals surface area contributed by atoms with Gasteiger partial charge in [-0.25, -0.2) is 9.78 Å². The van der Waals surface area contributed by atoms with E-state index in [1.54, 1.807) is 5.38 Å². The topological polar surface area (TPSA) is 62.2 Å². The molecule has 1 heterocycles. The third kappa shape index (κ3) is 3.87. The Labute approximate surface area is 116 Å². The molecular weight excluding hydrogens is 260 g/mol. The van der Waals surface area contributed by atoms with Crippen LogP contribution in [0.2, 0.25) is 0 Å². The van der Waals surface area contributed by atoms with Crippen molar-refractivity contribution in [1.29, 1.82) is 0 Å². The number of aromatic carboxylic acids is 1. The zero-order chi connectivity index (χ0) is 13.7. The predicted octanol–water partition coefficient (Wildman–Crippen LogP) is 2.48. The quantitative estimate of drug-likeness (QED) is 0.796. The van der Waals surface area contributed by atoms with Crippen LogP contribution in [0.15, 0.2) is 29.6 Å². The van der Waals surface area contributed by atoms with Gasteiger partial charge in [-0.1, -0.05) is 24.3 Å². The Kier molecular flexibility index (Phi) is 4.65. The summed E-state index contributed by atoms with van der Waals surface area (Å²) < 4.78 is 0. The number of carboxylic acids is 1. The SMILES string of the molecule is Cc1ccccc1CCNCc1csc(C(=O)O)n1. The molecule has 5 heteroatoms. The first-order valence-electron chi connectivity index (χ1n) is 6.10. The van der Waals surface area contributed by atoms with Gasteiger partial charge in [0.1, 0.15) is 0 Å². The van der Waals surface area contributed by atoms with Gasteiger partial charge in [0.2, 0.25) is 5.01 Å². The molecule has 2 rings (SSSR count). The minimum absolute atomic E-state index is 0.149. The summed E-state index contributed by atoms with van der Waals surface area (Å²) in [7, 11) is 0. The van der Waals surface area contributed by atoms with E-state index in [0.717, 1.165) is 30.0 Å². The largest absolute Gasteiger partial charge is 0.476 e. The Morgan fingerprint density at radius 2 is 2.21 bits per heavy atom. The molecule has 1 aromatic carbocycles. The number of nitrogens with zero attached hydrogens (tertiary/aromatic N) is 1. The summed E-state index contributed by atoms with van der Waals surface area (Å²) in [5.74, 6) is -0.962. The van der Waals surface area contributed by atoms with Crippen LogP contribution in [0.1, 0.15) is 26.6 Å². The van der Waals surface area contributed by atoms with Crippen LogP contribution in [0.4, 0.5) is 0 Å². The zero-order valence-electron chi connectivity index (χ0n) is 10.7. The van der Waals surface area contributed by atoms with Gasteiger partial charge in [-0.3, -0.25) is 0 Å². The van der Waals surface area contributed by atoms with E-state index in [2.05, 4.69) is 29.4 Å². The van der Waals surface area contributed by atoms with Gasteiger partial charge in [0.25, 0.3) is 0 Å². The lowest BCUT2D eigenvalue weighted by atomic mass is 10.1. The average molecular weight is 276 g/mol. The van der Waals surface area contributed by atoms with Crippen molar-refractivity contribution >= 4 is 17.3 Å². The van der Waals surface area contributed by atoms with Crippen molar-refractivity contribution in [3.63, 3.8) is 0 Å². The minimum atomic E-state index is -0.962. The third-order valence-corrected chi connectivity index (χ3v) is 3.75. The number of carboxylic acid groups (broad SMARTS) is 1. The number of aryl methyl sites for hydroxylation is 1. The Bertz CT molecular complexity index is 566. The van der Waals surface area contributed by atoms with Crippen LogP contribution in [0.5, 0.6) is 0 Å². The Hall–Kier alpha value is -1.72. The number of hydrogen-bond donors (Lipinski definition) is 2. The van der Waals surface area contributed by atoms with Crippen LogP contribution in [0.3, 0.4) is 0 Å². The average Bonchev–Trinajstić information content (AvgIpc) is 2.85. The highest BCUT2D eigenvalue weighted by molar-refractivity contribution is 7.11. The highest BCUT2D eigenvalue weighted by Gasteiger charge is 2.08. The van der Waals surface area contributed by atoms with E-state index < -0.39 is 5.97 Å². The lowest BCUT2D eigenvalue weighted by molar-refractivity contribution is 0.0696. The Morgan fingerprint density at radius 1 is 1.42 bits per heavy atom. The van der Waals surface area contributed by atoms with Gasteiger partial charge in [-0.05, 0) is 31.0 Å². The fourth-order valence-electron chi connectivity index (χ4n) is 1.82. The molecule has 0 aliphatic carbocycles. The summed E-state index contributed by atoms with van der Waals surface area (Å²) in [5, 5.41) is 14.0. The van der Waals surface area contributed by atoms with E-state index in [1.165, 1.54) is 11.1 Å². The summed E-state index contributed by atoms with van der Waals surface area (Å²) in [4.78, 5) is 14.7. The van der Waals surface area contributed by atoms with Gasteiger partial charge in [-0.15, -0.1) is 11.3 Å². The molecule has 0 radical (unpaired) electrons. The molecule has 0 aliphatic heterocycles. The summed E-state index contributed by atoms with van der Waals surface area (Å²) in [6.45, 7) is 3.56. The standard InChI is InChI=1S/C14H16N2O2S/c1-10-4-2-3-5-11(10)6-7-15-8-12-9-19-13(16-12)14(17)18/h2-5,9,15H,6-8H2,1H3,(H,17,18). The van der Waals surface area contributed by atoms with Crippen LogP contribution in [0, 0.1) is 6.92 Å². The Morgan fingerprint density at radius 3 is 2.89 bits per heavy atom. The maximum Gasteiger partial charge on any atom is 0.365 e. The highest BCUT2D eigenvalue weighted by Crippen LogP contribution is 2.10. The van der Waals surface area contributed by atoms with Crippen molar-refractivity contribution in [3.05, 3.63) is 51.5 Å². The first-order chi connectivity index (χ1) is 9.16. The summed E-state index contributed by atoms with van der Waals surface area (Å²) in [5.41, 5.74) is 3.41. The molecular formula is C14H16N2O2S. The van der Waals surface area contributed by atoms with Crippen LogP contribution < -0.4 is 5.32 Å². The first kappa shape index (κ1) is 13.7. The van der Waals surface area contributed by atoms with Crippen molar-refractivity contribution in [3.8, 4) is 0 Å². The van der Waals surface area contributed by atoms with Crippen molar-refractivity contribution in [2.24, 2.45) is 0 Å². The summed E-state index contributed by atoms with van der Waals surface area (Å²) in [6, 6.07) is 8.31. The first-order valence-corrected chi connectivity index (χ1v) is 6.97. The van der Waals surface area contributed by atoms with E-state index >= 15 is 0 Å². The predicted molar refractivity (Wildman–Crippen MR) is 75.7 cm³/mol. The molecule has 100 valence electrons. The van der Waals surface area contributed by atoms with E-state index in [4.69, 9.17) is 5.11 Å². The maximum absolute atomic E-state index is 10.7. The van der Waals surface area contributed by atoms with Crippen LogP contribution in [-0.4, -0.2) is 22.6 Å². The third-order valence-electron chi connectivity index (χ3n) is 2.87. The molecule has 0 fully saturated rings. The minimum Gasteiger partial charge on any atom is -0.476 e. The number of thiazole rings is 1. The molecule has 0 bridgehead atoms. The van der Waals surface area contributed by atoms with E-state index in [1.807, 2.05) is 12.1 Å². The number of rotatable bonds is 6. The molecule has 0 saturated heterocycles. The number of aromatic nitrogens is 1. The highest BCUT2D eigenvalue weighted by atomic mass is 32.1. The van der Waals surface area contributed by atoms with Gasteiger partial charge < -0.3 is 10.4 Å². The normalized spacial score (nSPS) is 10.6. The van der Waals surface area contributed by atoms with Crippen LogP contribution in [-0.2, 0) is 13.0 Å². The lowest BCUT2D eigenvalue weighted by Crippen LogP contribution is -2.17. The van der Waals surface area contributed by atoms with Gasteiger partial charge >= 0.3 is 5.97 Å². The second kappa shape index (κ2) is 6.45. The maximum atomic E-state index is 10.7. The van der Waals surface area contributed by atoms with Gasteiger partial charge in [-0.2, -0.15) is 0 Å². The van der Waals surface area contributed by atoms with Crippen LogP contribution >= 0.6 is 11.3 Å². The zero-order valence-corrected chi connectivity index (χ0v) is 11.5. The number of carbonyl (C=O) groups is 1. The smallest absolute Gasteiger partial charge is 0.365 e. The molecule has 0 amide bonds. The van der Waals surface area contributed by atoms with Crippen LogP contribution in [0.25, 0.3) is 0 Å². The van der Waals surface area contributed by atoms with E-state index in [9.17, 15) is 4.79 Å². The van der Waals surface area contributed by atoms with E-state index in [0.29, 0.717) is 6.54 Å². The molecule has 0 saturated carbocycles. The number of nitrogens with one attached hydrogen (secondary N) is 1. The second-order valence-corrected chi connectivity index (χ2v) is 5.16. The monoisotopic (exact) mass is 276 g/mol. The van der Waals surface area contributed by atoms with E-state index in [-0.39, 0.29) is 5.01 Å². The number of hydrogen-bond acceptors (Lipinski definition) is 4. The molecule has 0 aliphatic rings.